The van der Waals surface area contributed by atoms with Crippen LogP contribution in [0.25, 0.3) is 0 Å². The lowest BCUT2D eigenvalue weighted by molar-refractivity contribution is -0.142. The van der Waals surface area contributed by atoms with Crippen LogP contribution in [0.1, 0.15) is 39.2 Å². The zero-order valence-electron chi connectivity index (χ0n) is 15.5. The number of rotatable bonds is 3. The fraction of sp³-hybridized carbons (Fsp3) is 0.526. The number of nitriles is 1. The SMILES string of the molecule is CC(C)(C)OC(=O)N1CCC(c2ccc(Cl)c(Cl)c2)(C(C#N)C(=O)O)CC1. The number of benzene rings is 1. The summed E-state index contributed by atoms with van der Waals surface area (Å²) in [5.41, 5.74) is -0.950. The summed E-state index contributed by atoms with van der Waals surface area (Å²) in [6.45, 7) is 5.90. The molecule has 1 fully saturated rings. The Bertz CT molecular complexity index is 775. The van der Waals surface area contributed by atoms with Crippen LogP contribution in [0.5, 0.6) is 0 Å². The number of aliphatic carboxylic acids is 1. The summed E-state index contributed by atoms with van der Waals surface area (Å²) in [4.78, 5) is 25.6. The van der Waals surface area contributed by atoms with Crippen molar-refractivity contribution in [1.82, 2.24) is 4.90 Å². The van der Waals surface area contributed by atoms with Crippen LogP contribution in [0, 0.1) is 17.2 Å². The van der Waals surface area contributed by atoms with Gasteiger partial charge in [0.15, 0.2) is 5.92 Å². The van der Waals surface area contributed by atoms with E-state index in [1.165, 1.54) is 4.90 Å². The molecule has 1 amide bonds. The number of piperidine rings is 1. The van der Waals surface area contributed by atoms with Crippen LogP contribution in [0.15, 0.2) is 18.2 Å². The predicted octanol–water partition coefficient (Wildman–Crippen LogP) is 4.49. The minimum Gasteiger partial charge on any atom is -0.480 e. The van der Waals surface area contributed by atoms with Crippen LogP contribution >= 0.6 is 23.2 Å². The molecule has 0 saturated carbocycles. The topological polar surface area (TPSA) is 90.6 Å². The standard InChI is InChI=1S/C19H22Cl2N2O4/c1-18(2,3)27-17(26)23-8-6-19(7-9-23,13(11-22)16(24)25)12-4-5-14(20)15(21)10-12/h4-5,10,13H,6-9H2,1-3H3,(H,24,25). The van der Waals surface area contributed by atoms with Gasteiger partial charge in [0.05, 0.1) is 16.1 Å². The van der Waals surface area contributed by atoms with E-state index in [0.29, 0.717) is 28.5 Å². The number of likely N-dealkylation sites (tertiary alicyclic amines) is 1. The van der Waals surface area contributed by atoms with Gasteiger partial charge >= 0.3 is 12.1 Å². The number of nitrogens with zero attached hydrogens (tertiary/aromatic N) is 2. The normalized spacial score (nSPS) is 17.7. The lowest BCUT2D eigenvalue weighted by Crippen LogP contribution is -2.51. The summed E-state index contributed by atoms with van der Waals surface area (Å²) in [6, 6.07) is 6.82. The summed E-state index contributed by atoms with van der Waals surface area (Å²) in [6.07, 6.45) is 0.151. The lowest BCUT2D eigenvalue weighted by atomic mass is 9.65. The smallest absolute Gasteiger partial charge is 0.410 e. The number of carbonyl (C=O) groups excluding carboxylic acids is 1. The molecule has 27 heavy (non-hydrogen) atoms. The molecule has 8 heteroatoms. The molecule has 2 rings (SSSR count). The number of carboxylic acid groups (broad SMARTS) is 1. The van der Waals surface area contributed by atoms with Crippen molar-refractivity contribution in [3.8, 4) is 6.07 Å². The Morgan fingerprint density at radius 2 is 1.85 bits per heavy atom. The number of carbonyl (C=O) groups is 2. The Labute approximate surface area is 168 Å². The molecule has 1 unspecified atom stereocenters. The van der Waals surface area contributed by atoms with Gasteiger partial charge < -0.3 is 14.7 Å². The van der Waals surface area contributed by atoms with Gasteiger partial charge in [0.1, 0.15) is 5.60 Å². The van der Waals surface area contributed by atoms with Crippen LogP contribution < -0.4 is 0 Å². The van der Waals surface area contributed by atoms with E-state index in [-0.39, 0.29) is 13.1 Å². The summed E-state index contributed by atoms with van der Waals surface area (Å²) in [5.74, 6) is -2.47. The minimum absolute atomic E-state index is 0.278. The molecular formula is C19H22Cl2N2O4. The molecule has 1 atom stereocenters. The largest absolute Gasteiger partial charge is 0.480 e. The summed E-state index contributed by atoms with van der Waals surface area (Å²) >= 11 is 12.1. The highest BCUT2D eigenvalue weighted by Gasteiger charge is 2.48. The lowest BCUT2D eigenvalue weighted by Gasteiger charge is -2.43. The number of ether oxygens (including phenoxy) is 1. The first-order valence-corrected chi connectivity index (χ1v) is 9.31. The second kappa shape index (κ2) is 7.95. The molecule has 0 aliphatic carbocycles. The maximum absolute atomic E-state index is 12.3. The Balaban J connectivity index is 2.35. The molecule has 0 aromatic heterocycles. The van der Waals surface area contributed by atoms with E-state index >= 15 is 0 Å². The van der Waals surface area contributed by atoms with Crippen molar-refractivity contribution in [2.24, 2.45) is 5.92 Å². The van der Waals surface area contributed by atoms with E-state index in [1.807, 2.05) is 6.07 Å². The van der Waals surface area contributed by atoms with Gasteiger partial charge in [0.2, 0.25) is 0 Å². The van der Waals surface area contributed by atoms with Gasteiger partial charge in [0.25, 0.3) is 0 Å². The molecule has 146 valence electrons. The quantitative estimate of drug-likeness (QED) is 0.789. The van der Waals surface area contributed by atoms with Crippen molar-refractivity contribution >= 4 is 35.3 Å². The van der Waals surface area contributed by atoms with Crippen molar-refractivity contribution < 1.29 is 19.4 Å². The highest BCUT2D eigenvalue weighted by Crippen LogP contribution is 2.44. The number of hydrogen-bond acceptors (Lipinski definition) is 4. The number of halogens is 2. The van der Waals surface area contributed by atoms with E-state index < -0.39 is 29.0 Å². The van der Waals surface area contributed by atoms with Crippen molar-refractivity contribution in [2.75, 3.05) is 13.1 Å². The van der Waals surface area contributed by atoms with Crippen molar-refractivity contribution in [3.63, 3.8) is 0 Å². The zero-order chi connectivity index (χ0) is 20.4. The third-order valence-corrected chi connectivity index (χ3v) is 5.47. The average molecular weight is 413 g/mol. The van der Waals surface area contributed by atoms with E-state index in [4.69, 9.17) is 27.9 Å². The van der Waals surface area contributed by atoms with Crippen LogP contribution in [-0.2, 0) is 14.9 Å². The molecular weight excluding hydrogens is 391 g/mol. The third kappa shape index (κ3) is 4.66. The van der Waals surface area contributed by atoms with E-state index in [9.17, 15) is 20.0 Å². The van der Waals surface area contributed by atoms with Crippen molar-refractivity contribution in [3.05, 3.63) is 33.8 Å². The van der Waals surface area contributed by atoms with Crippen LogP contribution in [0.3, 0.4) is 0 Å². The highest BCUT2D eigenvalue weighted by atomic mass is 35.5. The molecule has 0 radical (unpaired) electrons. The summed E-state index contributed by atoms with van der Waals surface area (Å²) in [7, 11) is 0. The van der Waals surface area contributed by atoms with E-state index in [1.54, 1.807) is 39.0 Å². The van der Waals surface area contributed by atoms with Crippen LogP contribution in [0.2, 0.25) is 10.0 Å². The van der Waals surface area contributed by atoms with Crippen molar-refractivity contribution in [1.29, 1.82) is 5.26 Å². The second-order valence-corrected chi connectivity index (χ2v) is 8.47. The van der Waals surface area contributed by atoms with E-state index in [2.05, 4.69) is 0 Å². The van der Waals surface area contributed by atoms with Crippen LogP contribution in [0.4, 0.5) is 4.79 Å². The van der Waals surface area contributed by atoms with Gasteiger partial charge in [-0.2, -0.15) is 5.26 Å². The second-order valence-electron chi connectivity index (χ2n) is 7.65. The first-order valence-electron chi connectivity index (χ1n) is 8.56. The monoisotopic (exact) mass is 412 g/mol. The van der Waals surface area contributed by atoms with Gasteiger partial charge in [0, 0.05) is 18.5 Å². The fourth-order valence-corrected chi connectivity index (χ4v) is 3.68. The summed E-state index contributed by atoms with van der Waals surface area (Å²) in [5, 5.41) is 19.8. The highest BCUT2D eigenvalue weighted by molar-refractivity contribution is 6.42. The fourth-order valence-electron chi connectivity index (χ4n) is 3.38. The molecule has 0 spiro atoms. The molecule has 0 bridgehead atoms. The Kier molecular flexibility index (Phi) is 6.28. The maximum Gasteiger partial charge on any atom is 0.410 e. The van der Waals surface area contributed by atoms with Crippen LogP contribution in [-0.4, -0.2) is 40.8 Å². The molecule has 1 aliphatic heterocycles. The summed E-state index contributed by atoms with van der Waals surface area (Å²) < 4.78 is 5.39. The molecule has 1 heterocycles. The van der Waals surface area contributed by atoms with Gasteiger partial charge in [-0.25, -0.2) is 4.79 Å². The number of hydrogen-bond donors (Lipinski definition) is 1. The molecule has 6 nitrogen and oxygen atoms in total. The van der Waals surface area contributed by atoms with E-state index in [0.717, 1.165) is 0 Å². The Hall–Kier alpha value is -1.97. The number of carboxylic acids is 1. The Morgan fingerprint density at radius 3 is 2.30 bits per heavy atom. The zero-order valence-corrected chi connectivity index (χ0v) is 17.0. The molecule has 1 aliphatic rings. The Morgan fingerprint density at radius 1 is 1.26 bits per heavy atom. The van der Waals surface area contributed by atoms with Gasteiger partial charge in [-0.15, -0.1) is 0 Å². The first kappa shape index (κ1) is 21.3. The van der Waals surface area contributed by atoms with Gasteiger partial charge in [-0.05, 0) is 51.3 Å². The maximum atomic E-state index is 12.3. The molecule has 1 aromatic carbocycles. The number of amides is 1. The predicted molar refractivity (Wildman–Crippen MR) is 102 cm³/mol. The molecule has 1 saturated heterocycles. The minimum atomic E-state index is -1.27. The average Bonchev–Trinajstić information content (AvgIpc) is 2.56. The van der Waals surface area contributed by atoms with Gasteiger partial charge in [-0.1, -0.05) is 29.3 Å². The third-order valence-electron chi connectivity index (χ3n) is 4.73. The first-order chi connectivity index (χ1) is 12.5. The van der Waals surface area contributed by atoms with Gasteiger partial charge in [-0.3, -0.25) is 4.79 Å². The molecule has 1 aromatic rings. The molecule has 1 N–H and O–H groups in total. The van der Waals surface area contributed by atoms with Crippen molar-refractivity contribution in [2.45, 2.75) is 44.6 Å².